The Kier molecular flexibility index (Phi) is 9.49. The topological polar surface area (TPSA) is 59.6 Å². The van der Waals surface area contributed by atoms with Crippen LogP contribution < -0.4 is 20.1 Å². The number of ether oxygens (including phenoxy) is 2. The first kappa shape index (κ1) is 31.7. The van der Waals surface area contributed by atoms with Crippen molar-refractivity contribution in [3.63, 3.8) is 0 Å². The lowest BCUT2D eigenvalue weighted by atomic mass is 9.92. The van der Waals surface area contributed by atoms with E-state index < -0.39 is 17.9 Å². The lowest BCUT2D eigenvalue weighted by Crippen LogP contribution is -2.39. The Hall–Kier alpha value is -4.75. The first-order chi connectivity index (χ1) is 21.6. The zero-order chi connectivity index (χ0) is 32.1. The molecule has 0 spiro atoms. The number of nitrogens with one attached hydrogen (secondary N) is 2. The zero-order valence-corrected chi connectivity index (χ0v) is 26.1. The summed E-state index contributed by atoms with van der Waals surface area (Å²) in [6.45, 7) is 5.89. The highest BCUT2D eigenvalue weighted by atomic mass is 19.3. The Morgan fingerprint density at radius 1 is 0.667 bits per heavy atom. The largest absolute Gasteiger partial charge is 0.497 e. The van der Waals surface area contributed by atoms with Gasteiger partial charge in [0.2, 0.25) is 0 Å². The van der Waals surface area contributed by atoms with E-state index in [4.69, 9.17) is 9.47 Å². The third kappa shape index (κ3) is 6.99. The molecule has 0 radical (unpaired) electrons. The van der Waals surface area contributed by atoms with Crippen LogP contribution in [0.15, 0.2) is 109 Å². The van der Waals surface area contributed by atoms with Gasteiger partial charge in [-0.2, -0.15) is 8.78 Å². The van der Waals surface area contributed by atoms with Crippen molar-refractivity contribution in [2.75, 3.05) is 14.2 Å². The molecule has 0 aliphatic heterocycles. The molecule has 5 aromatic carbocycles. The van der Waals surface area contributed by atoms with Crippen LogP contribution in [-0.2, 0) is 10.7 Å². The quantitative estimate of drug-likeness (QED) is 0.157. The molecule has 0 aromatic heterocycles. The average molecular weight is 609 g/mol. The summed E-state index contributed by atoms with van der Waals surface area (Å²) in [7, 11) is 3.18. The highest BCUT2D eigenvalue weighted by Gasteiger charge is 2.41. The highest BCUT2D eigenvalue weighted by Crippen LogP contribution is 2.36. The number of halogens is 2. The fraction of sp³-hybridized carbons (Fsp3) is 0.237. The third-order valence-electron chi connectivity index (χ3n) is 8.26. The number of carbonyl (C=O) groups is 1. The number of alkyl halides is 2. The summed E-state index contributed by atoms with van der Waals surface area (Å²) in [5.41, 5.74) is 4.19. The Morgan fingerprint density at radius 2 is 1.24 bits per heavy atom. The standard InChI is InChI=1S/C38H38F2N2O3/c1-24(28-11-8-13-33(21-28)44-4)41-26(3)31-20-30-10-6-7-15-35(30)36(23-31)27-16-18-32(19-17-27)38(39,40)37(43)42-25(2)29-12-9-14-34(22-29)45-5/h6-26,41H,1-5H3,(H,42,43)/t24-,25-,26?/m1/s1. The molecule has 0 fully saturated rings. The maximum absolute atomic E-state index is 15.4. The summed E-state index contributed by atoms with van der Waals surface area (Å²) < 4.78 is 41.4. The fourth-order valence-corrected chi connectivity index (χ4v) is 5.57. The van der Waals surface area contributed by atoms with E-state index in [0.717, 1.165) is 38.8 Å². The molecule has 3 atom stereocenters. The van der Waals surface area contributed by atoms with Crippen molar-refractivity contribution < 1.29 is 23.0 Å². The molecule has 0 aliphatic carbocycles. The zero-order valence-electron chi connectivity index (χ0n) is 26.1. The Morgan fingerprint density at radius 3 is 1.87 bits per heavy atom. The Balaban J connectivity index is 1.38. The summed E-state index contributed by atoms with van der Waals surface area (Å²) >= 11 is 0. The number of hydrogen-bond donors (Lipinski definition) is 2. The second-order valence-electron chi connectivity index (χ2n) is 11.3. The van der Waals surface area contributed by atoms with Crippen molar-refractivity contribution in [1.29, 1.82) is 0 Å². The van der Waals surface area contributed by atoms with Crippen molar-refractivity contribution in [3.8, 4) is 22.6 Å². The lowest BCUT2D eigenvalue weighted by molar-refractivity contribution is -0.147. The van der Waals surface area contributed by atoms with Gasteiger partial charge in [0.15, 0.2) is 0 Å². The van der Waals surface area contributed by atoms with Gasteiger partial charge < -0.3 is 20.1 Å². The third-order valence-corrected chi connectivity index (χ3v) is 8.26. The van der Waals surface area contributed by atoms with Crippen LogP contribution in [0.25, 0.3) is 21.9 Å². The van der Waals surface area contributed by atoms with E-state index in [0.29, 0.717) is 11.3 Å². The van der Waals surface area contributed by atoms with Gasteiger partial charge in [-0.1, -0.05) is 72.8 Å². The summed E-state index contributed by atoms with van der Waals surface area (Å²) in [5, 5.41) is 8.19. The van der Waals surface area contributed by atoms with Crippen LogP contribution in [0.4, 0.5) is 8.78 Å². The SMILES string of the molecule is COc1cccc([C@@H](C)NC(=O)C(F)(F)c2ccc(-c3cc(C(C)N[C@H](C)c4cccc(OC)c4)cc4ccccc34)cc2)c1. The monoisotopic (exact) mass is 608 g/mol. The fourth-order valence-electron chi connectivity index (χ4n) is 5.57. The van der Waals surface area contributed by atoms with E-state index in [1.807, 2.05) is 36.4 Å². The smallest absolute Gasteiger partial charge is 0.349 e. The molecule has 7 heteroatoms. The van der Waals surface area contributed by atoms with Crippen molar-refractivity contribution in [3.05, 3.63) is 131 Å². The van der Waals surface area contributed by atoms with Crippen LogP contribution in [0, 0.1) is 0 Å². The van der Waals surface area contributed by atoms with Gasteiger partial charge in [0, 0.05) is 17.6 Å². The molecule has 0 saturated carbocycles. The predicted molar refractivity (Wildman–Crippen MR) is 176 cm³/mol. The van der Waals surface area contributed by atoms with Crippen molar-refractivity contribution in [2.45, 2.75) is 44.8 Å². The second kappa shape index (κ2) is 13.5. The molecular formula is C38H38F2N2O3. The lowest BCUT2D eigenvalue weighted by Gasteiger charge is -2.23. The van der Waals surface area contributed by atoms with E-state index in [-0.39, 0.29) is 17.6 Å². The van der Waals surface area contributed by atoms with Crippen molar-refractivity contribution in [1.82, 2.24) is 10.6 Å². The van der Waals surface area contributed by atoms with Gasteiger partial charge in [-0.3, -0.25) is 4.79 Å². The van der Waals surface area contributed by atoms with E-state index in [2.05, 4.69) is 48.7 Å². The predicted octanol–water partition coefficient (Wildman–Crippen LogP) is 8.91. The number of amides is 1. The number of carbonyl (C=O) groups excluding carboxylic acids is 1. The van der Waals surface area contributed by atoms with Crippen LogP contribution in [0.5, 0.6) is 11.5 Å². The number of fused-ring (bicyclic) bond motifs is 1. The van der Waals surface area contributed by atoms with Gasteiger partial charge in [0.1, 0.15) is 11.5 Å². The van der Waals surface area contributed by atoms with E-state index in [9.17, 15) is 4.79 Å². The molecule has 0 saturated heterocycles. The molecule has 2 N–H and O–H groups in total. The van der Waals surface area contributed by atoms with Gasteiger partial charge in [-0.05, 0) is 95.8 Å². The van der Waals surface area contributed by atoms with Crippen LogP contribution in [0.2, 0.25) is 0 Å². The van der Waals surface area contributed by atoms with Crippen LogP contribution in [0.1, 0.15) is 61.2 Å². The minimum absolute atomic E-state index is 0.00608. The minimum atomic E-state index is -3.72. The first-order valence-electron chi connectivity index (χ1n) is 15.0. The highest BCUT2D eigenvalue weighted by molar-refractivity contribution is 5.97. The number of methoxy groups -OCH3 is 2. The van der Waals surface area contributed by atoms with Gasteiger partial charge in [-0.15, -0.1) is 0 Å². The van der Waals surface area contributed by atoms with Crippen molar-refractivity contribution in [2.24, 2.45) is 0 Å². The summed E-state index contributed by atoms with van der Waals surface area (Å²) in [5.74, 6) is -3.68. The maximum atomic E-state index is 15.4. The Labute approximate surface area is 263 Å². The number of rotatable bonds is 11. The van der Waals surface area contributed by atoms with Gasteiger partial charge in [0.05, 0.1) is 20.3 Å². The number of benzene rings is 5. The van der Waals surface area contributed by atoms with E-state index in [1.165, 1.54) is 19.2 Å². The molecule has 1 amide bonds. The maximum Gasteiger partial charge on any atom is 0.349 e. The summed E-state index contributed by atoms with van der Waals surface area (Å²) in [4.78, 5) is 12.8. The molecule has 232 valence electrons. The minimum Gasteiger partial charge on any atom is -0.497 e. The van der Waals surface area contributed by atoms with E-state index in [1.54, 1.807) is 50.4 Å². The Bertz CT molecular complexity index is 1790. The molecule has 1 unspecified atom stereocenters. The molecule has 0 heterocycles. The van der Waals surface area contributed by atoms with Crippen molar-refractivity contribution >= 4 is 16.7 Å². The summed E-state index contributed by atoms with van der Waals surface area (Å²) in [6, 6.07) is 32.7. The number of hydrogen-bond acceptors (Lipinski definition) is 4. The molecule has 5 nitrogen and oxygen atoms in total. The molecular weight excluding hydrogens is 570 g/mol. The van der Waals surface area contributed by atoms with Crippen LogP contribution in [0.3, 0.4) is 0 Å². The molecule has 5 rings (SSSR count). The van der Waals surface area contributed by atoms with Crippen LogP contribution >= 0.6 is 0 Å². The van der Waals surface area contributed by atoms with Gasteiger partial charge in [-0.25, -0.2) is 0 Å². The van der Waals surface area contributed by atoms with Gasteiger partial charge >= 0.3 is 5.92 Å². The summed E-state index contributed by atoms with van der Waals surface area (Å²) in [6.07, 6.45) is 0. The van der Waals surface area contributed by atoms with E-state index >= 15 is 8.78 Å². The molecule has 0 aliphatic rings. The second-order valence-corrected chi connectivity index (χ2v) is 11.3. The van der Waals surface area contributed by atoms with Crippen LogP contribution in [-0.4, -0.2) is 20.1 Å². The molecule has 5 aromatic rings. The molecule has 45 heavy (non-hydrogen) atoms. The average Bonchev–Trinajstić information content (AvgIpc) is 3.07. The normalized spacial score (nSPS) is 13.6. The molecule has 0 bridgehead atoms. The first-order valence-corrected chi connectivity index (χ1v) is 15.0. The van der Waals surface area contributed by atoms with Gasteiger partial charge in [0.25, 0.3) is 5.91 Å².